The van der Waals surface area contributed by atoms with Crippen LogP contribution >= 0.6 is 0 Å². The molecule has 1 aromatic heterocycles. The van der Waals surface area contributed by atoms with Crippen molar-refractivity contribution in [2.24, 2.45) is 5.73 Å². The summed E-state index contributed by atoms with van der Waals surface area (Å²) in [5, 5.41) is 2.79. The van der Waals surface area contributed by atoms with Gasteiger partial charge in [-0.15, -0.1) is 0 Å². The van der Waals surface area contributed by atoms with Crippen molar-refractivity contribution in [2.75, 3.05) is 11.9 Å². The Balaban J connectivity index is 2.23. The molecular formula is C16H15N3O. The molecule has 0 radical (unpaired) electrons. The third-order valence-corrected chi connectivity index (χ3v) is 2.59. The van der Waals surface area contributed by atoms with Crippen LogP contribution in [0.5, 0.6) is 0 Å². The Labute approximate surface area is 118 Å². The van der Waals surface area contributed by atoms with E-state index in [2.05, 4.69) is 22.1 Å². The number of hydrogen-bond acceptors (Lipinski definition) is 3. The zero-order valence-corrected chi connectivity index (χ0v) is 11.2. The highest BCUT2D eigenvalue weighted by atomic mass is 16.1. The van der Waals surface area contributed by atoms with Crippen molar-refractivity contribution in [1.82, 2.24) is 4.98 Å². The monoisotopic (exact) mass is 265 g/mol. The number of benzene rings is 1. The molecule has 20 heavy (non-hydrogen) atoms. The van der Waals surface area contributed by atoms with Gasteiger partial charge in [0.2, 0.25) is 0 Å². The van der Waals surface area contributed by atoms with Gasteiger partial charge in [-0.05, 0) is 42.8 Å². The first kappa shape index (κ1) is 13.8. The summed E-state index contributed by atoms with van der Waals surface area (Å²) in [4.78, 5) is 16.1. The smallest absolute Gasteiger partial charge is 0.255 e. The normalized spacial score (nSPS) is 9.50. The molecule has 0 unspecified atom stereocenters. The number of aryl methyl sites for hydroxylation is 1. The minimum absolute atomic E-state index is 0.183. The molecule has 0 atom stereocenters. The first-order valence-corrected chi connectivity index (χ1v) is 6.21. The number of hydrogen-bond donors (Lipinski definition) is 2. The molecule has 2 aromatic rings. The molecule has 0 spiro atoms. The summed E-state index contributed by atoms with van der Waals surface area (Å²) in [7, 11) is 0. The number of nitrogens with one attached hydrogen (secondary N) is 1. The van der Waals surface area contributed by atoms with Crippen LogP contribution in [0.15, 0.2) is 42.7 Å². The number of carbonyl (C=O) groups is 1. The molecule has 0 saturated carbocycles. The van der Waals surface area contributed by atoms with Crippen LogP contribution in [0, 0.1) is 18.8 Å². The summed E-state index contributed by atoms with van der Waals surface area (Å²) in [6, 6.07) is 9.05. The lowest BCUT2D eigenvalue weighted by Gasteiger charge is -2.06. The van der Waals surface area contributed by atoms with Gasteiger partial charge in [0.05, 0.1) is 18.4 Å². The molecule has 2 rings (SSSR count). The average Bonchev–Trinajstić information content (AvgIpc) is 2.45. The molecule has 1 aromatic carbocycles. The zero-order chi connectivity index (χ0) is 14.4. The van der Waals surface area contributed by atoms with Crippen molar-refractivity contribution >= 4 is 11.6 Å². The van der Waals surface area contributed by atoms with Crippen molar-refractivity contribution in [3.05, 3.63) is 59.4 Å². The molecule has 100 valence electrons. The molecule has 0 fully saturated rings. The van der Waals surface area contributed by atoms with E-state index in [4.69, 9.17) is 5.73 Å². The van der Waals surface area contributed by atoms with Crippen LogP contribution in [0.2, 0.25) is 0 Å². The minimum atomic E-state index is -0.183. The zero-order valence-electron chi connectivity index (χ0n) is 11.2. The van der Waals surface area contributed by atoms with Crippen LogP contribution in [-0.4, -0.2) is 17.4 Å². The molecule has 0 bridgehead atoms. The fraction of sp³-hybridized carbons (Fsp3) is 0.125. The Kier molecular flexibility index (Phi) is 4.48. The number of nitrogens with zero attached hydrogens (tertiary/aromatic N) is 1. The van der Waals surface area contributed by atoms with E-state index in [0.29, 0.717) is 17.8 Å². The van der Waals surface area contributed by atoms with Gasteiger partial charge >= 0.3 is 0 Å². The highest BCUT2D eigenvalue weighted by Crippen LogP contribution is 2.12. The standard InChI is InChI=1S/C16H15N3O/c1-12-8-13(4-2-6-17)10-14(9-12)16(20)19-15-5-3-7-18-11-15/h3,5,7-11H,6,17H2,1H3,(H,19,20). The van der Waals surface area contributed by atoms with Crippen LogP contribution < -0.4 is 11.1 Å². The second-order valence-electron chi connectivity index (χ2n) is 4.29. The lowest BCUT2D eigenvalue weighted by atomic mass is 10.1. The quantitative estimate of drug-likeness (QED) is 0.815. The highest BCUT2D eigenvalue weighted by Gasteiger charge is 2.07. The number of anilines is 1. The first-order chi connectivity index (χ1) is 9.69. The van der Waals surface area contributed by atoms with Crippen molar-refractivity contribution in [2.45, 2.75) is 6.92 Å². The van der Waals surface area contributed by atoms with Gasteiger partial charge in [0.15, 0.2) is 0 Å². The number of pyridine rings is 1. The van der Waals surface area contributed by atoms with Crippen molar-refractivity contribution in [1.29, 1.82) is 0 Å². The second kappa shape index (κ2) is 6.50. The van der Waals surface area contributed by atoms with E-state index in [1.165, 1.54) is 0 Å². The van der Waals surface area contributed by atoms with E-state index in [-0.39, 0.29) is 5.91 Å². The minimum Gasteiger partial charge on any atom is -0.321 e. The molecule has 3 N–H and O–H groups in total. The Morgan fingerprint density at radius 3 is 2.95 bits per heavy atom. The third kappa shape index (κ3) is 3.67. The Hall–Kier alpha value is -2.64. The van der Waals surface area contributed by atoms with Crippen LogP contribution in [0.3, 0.4) is 0 Å². The fourth-order valence-electron chi connectivity index (χ4n) is 1.78. The molecule has 1 heterocycles. The number of carbonyl (C=O) groups excluding carboxylic acids is 1. The Morgan fingerprint density at radius 1 is 1.40 bits per heavy atom. The number of rotatable bonds is 2. The van der Waals surface area contributed by atoms with Gasteiger partial charge in [0, 0.05) is 17.3 Å². The lowest BCUT2D eigenvalue weighted by molar-refractivity contribution is 0.102. The highest BCUT2D eigenvalue weighted by molar-refractivity contribution is 6.04. The molecule has 4 nitrogen and oxygen atoms in total. The van der Waals surface area contributed by atoms with Crippen LogP contribution in [-0.2, 0) is 0 Å². The van der Waals surface area contributed by atoms with Crippen molar-refractivity contribution in [3.8, 4) is 11.8 Å². The lowest BCUT2D eigenvalue weighted by Crippen LogP contribution is -2.12. The largest absolute Gasteiger partial charge is 0.321 e. The van der Waals surface area contributed by atoms with Gasteiger partial charge in [-0.1, -0.05) is 11.8 Å². The second-order valence-corrected chi connectivity index (χ2v) is 4.29. The summed E-state index contributed by atoms with van der Waals surface area (Å²) in [6.07, 6.45) is 3.26. The SMILES string of the molecule is Cc1cc(C#CCN)cc(C(=O)Nc2cccnc2)c1. The molecule has 1 amide bonds. The van der Waals surface area contributed by atoms with Gasteiger partial charge < -0.3 is 11.1 Å². The van der Waals surface area contributed by atoms with Gasteiger partial charge in [0.25, 0.3) is 5.91 Å². The molecule has 0 aliphatic carbocycles. The number of nitrogens with two attached hydrogens (primary N) is 1. The summed E-state index contributed by atoms with van der Waals surface area (Å²) in [6.45, 7) is 2.22. The maximum Gasteiger partial charge on any atom is 0.255 e. The maximum atomic E-state index is 12.2. The van der Waals surface area contributed by atoms with Gasteiger partial charge in [-0.3, -0.25) is 9.78 Å². The van der Waals surface area contributed by atoms with Crippen LogP contribution in [0.25, 0.3) is 0 Å². The summed E-state index contributed by atoms with van der Waals surface area (Å²) in [5.41, 5.74) is 8.34. The number of amides is 1. The summed E-state index contributed by atoms with van der Waals surface area (Å²) < 4.78 is 0. The van der Waals surface area contributed by atoms with E-state index in [0.717, 1.165) is 11.1 Å². The fourth-order valence-corrected chi connectivity index (χ4v) is 1.78. The average molecular weight is 265 g/mol. The predicted octanol–water partition coefficient (Wildman–Crippen LogP) is 1.95. The van der Waals surface area contributed by atoms with Crippen LogP contribution in [0.4, 0.5) is 5.69 Å². The van der Waals surface area contributed by atoms with E-state index in [9.17, 15) is 4.79 Å². The first-order valence-electron chi connectivity index (χ1n) is 6.21. The molecular weight excluding hydrogens is 250 g/mol. The summed E-state index contributed by atoms with van der Waals surface area (Å²) >= 11 is 0. The number of aromatic nitrogens is 1. The Morgan fingerprint density at radius 2 is 2.25 bits per heavy atom. The van der Waals surface area contributed by atoms with Gasteiger partial charge in [-0.25, -0.2) is 0 Å². The molecule has 0 aliphatic rings. The predicted molar refractivity (Wildman–Crippen MR) is 79.3 cm³/mol. The van der Waals surface area contributed by atoms with Crippen molar-refractivity contribution < 1.29 is 4.79 Å². The Bertz CT molecular complexity index is 669. The molecule has 0 aliphatic heterocycles. The van der Waals surface area contributed by atoms with E-state index in [1.807, 2.05) is 19.1 Å². The summed E-state index contributed by atoms with van der Waals surface area (Å²) in [5.74, 6) is 5.54. The van der Waals surface area contributed by atoms with Crippen LogP contribution in [0.1, 0.15) is 21.5 Å². The molecule has 0 saturated heterocycles. The topological polar surface area (TPSA) is 68.0 Å². The molecule has 4 heteroatoms. The third-order valence-electron chi connectivity index (χ3n) is 2.59. The van der Waals surface area contributed by atoms with Gasteiger partial charge in [0.1, 0.15) is 0 Å². The van der Waals surface area contributed by atoms with E-state index >= 15 is 0 Å². The maximum absolute atomic E-state index is 12.2. The van der Waals surface area contributed by atoms with E-state index < -0.39 is 0 Å². The van der Waals surface area contributed by atoms with E-state index in [1.54, 1.807) is 30.6 Å². The van der Waals surface area contributed by atoms with Gasteiger partial charge in [-0.2, -0.15) is 0 Å². The van der Waals surface area contributed by atoms with Crippen molar-refractivity contribution in [3.63, 3.8) is 0 Å².